The molecule has 1 aliphatic rings. The van der Waals surface area contributed by atoms with Gasteiger partial charge in [-0.3, -0.25) is 0 Å². The van der Waals surface area contributed by atoms with Gasteiger partial charge in [-0.05, 0) is 50.5 Å². The molecular weight excluding hydrogens is 380 g/mol. The van der Waals surface area contributed by atoms with Crippen molar-refractivity contribution in [2.75, 3.05) is 5.32 Å². The zero-order valence-electron chi connectivity index (χ0n) is 16.3. The first-order valence-electron chi connectivity index (χ1n) is 9.58. The van der Waals surface area contributed by atoms with Crippen molar-refractivity contribution < 1.29 is 18.3 Å². The predicted octanol–water partition coefficient (Wildman–Crippen LogP) is 3.94. The molecule has 1 saturated carbocycles. The second-order valence-corrected chi connectivity index (χ2v) is 7.53. The Hall–Kier alpha value is -2.81. The van der Waals surface area contributed by atoms with Gasteiger partial charge in [0.25, 0.3) is 0 Å². The van der Waals surface area contributed by atoms with Gasteiger partial charge in [-0.2, -0.15) is 5.10 Å². The quantitative estimate of drug-likeness (QED) is 0.671. The highest BCUT2D eigenvalue weighted by molar-refractivity contribution is 5.46. The monoisotopic (exact) mass is 403 g/mol. The van der Waals surface area contributed by atoms with Gasteiger partial charge in [-0.1, -0.05) is 0 Å². The molecule has 1 fully saturated rings. The second kappa shape index (κ2) is 7.55. The number of aliphatic hydroxyl groups is 1. The molecule has 1 aliphatic carbocycles. The summed E-state index contributed by atoms with van der Waals surface area (Å²) in [6, 6.07) is 5.23. The van der Waals surface area contributed by atoms with E-state index in [4.69, 9.17) is 4.42 Å². The molecule has 0 aromatic carbocycles. The zero-order valence-corrected chi connectivity index (χ0v) is 16.3. The lowest BCUT2D eigenvalue weighted by atomic mass is 9.92. The van der Waals surface area contributed by atoms with Crippen LogP contribution in [0.4, 0.5) is 14.6 Å². The maximum absolute atomic E-state index is 13.5. The van der Waals surface area contributed by atoms with Crippen LogP contribution in [-0.4, -0.2) is 36.8 Å². The van der Waals surface area contributed by atoms with Crippen molar-refractivity contribution in [1.29, 1.82) is 0 Å². The number of oxazole rings is 1. The standard InChI is InChI=1S/C20H23F2N5O2/c1-12-9-13(2)27(26-12)17-11-14(18(28)19-23-7-8-29-19)10-16(25-17)24-15-3-5-20(21,22)6-4-15/h7-11,15,18,28H,3-6H2,1-2H3,(H,24,25). The van der Waals surface area contributed by atoms with Crippen molar-refractivity contribution >= 4 is 5.82 Å². The first kappa shape index (κ1) is 19.5. The number of nitrogens with zero attached hydrogens (tertiary/aromatic N) is 4. The third-order valence-corrected chi connectivity index (χ3v) is 5.13. The topological polar surface area (TPSA) is 89.0 Å². The van der Waals surface area contributed by atoms with Crippen LogP contribution in [0.3, 0.4) is 0 Å². The van der Waals surface area contributed by atoms with E-state index in [1.54, 1.807) is 16.8 Å². The molecule has 9 heteroatoms. The minimum absolute atomic E-state index is 0.107. The summed E-state index contributed by atoms with van der Waals surface area (Å²) in [4.78, 5) is 8.63. The molecule has 7 nitrogen and oxygen atoms in total. The minimum Gasteiger partial charge on any atom is -0.446 e. The Morgan fingerprint density at radius 2 is 2.00 bits per heavy atom. The number of nitrogens with one attached hydrogen (secondary N) is 1. The maximum Gasteiger partial charge on any atom is 0.248 e. The highest BCUT2D eigenvalue weighted by Gasteiger charge is 2.35. The molecule has 154 valence electrons. The minimum atomic E-state index is -2.59. The third-order valence-electron chi connectivity index (χ3n) is 5.13. The first-order chi connectivity index (χ1) is 13.8. The van der Waals surface area contributed by atoms with Gasteiger partial charge < -0.3 is 14.8 Å². The van der Waals surface area contributed by atoms with Crippen LogP contribution in [0.15, 0.2) is 35.1 Å². The molecule has 0 spiro atoms. The smallest absolute Gasteiger partial charge is 0.248 e. The lowest BCUT2D eigenvalue weighted by molar-refractivity contribution is -0.0361. The number of alkyl halides is 2. The van der Waals surface area contributed by atoms with Gasteiger partial charge in [-0.25, -0.2) is 23.4 Å². The fourth-order valence-corrected chi connectivity index (χ4v) is 3.64. The van der Waals surface area contributed by atoms with Crippen LogP contribution < -0.4 is 5.32 Å². The van der Waals surface area contributed by atoms with E-state index in [1.807, 2.05) is 19.9 Å². The molecule has 1 atom stereocenters. The Balaban J connectivity index is 1.67. The highest BCUT2D eigenvalue weighted by atomic mass is 19.3. The van der Waals surface area contributed by atoms with Gasteiger partial charge in [0.05, 0.1) is 11.9 Å². The van der Waals surface area contributed by atoms with Crippen molar-refractivity contribution in [3.8, 4) is 5.82 Å². The number of halogens is 2. The lowest BCUT2D eigenvalue weighted by Crippen LogP contribution is -2.32. The summed E-state index contributed by atoms with van der Waals surface area (Å²) >= 11 is 0. The molecule has 3 aromatic rings. The second-order valence-electron chi connectivity index (χ2n) is 7.53. The molecule has 3 heterocycles. The fourth-order valence-electron chi connectivity index (χ4n) is 3.64. The summed E-state index contributed by atoms with van der Waals surface area (Å²) in [6.45, 7) is 3.80. The molecule has 0 bridgehead atoms. The molecule has 4 rings (SSSR count). The van der Waals surface area contributed by atoms with Crippen LogP contribution in [0.1, 0.15) is 54.6 Å². The summed E-state index contributed by atoms with van der Waals surface area (Å²) < 4.78 is 33.9. The van der Waals surface area contributed by atoms with Crippen LogP contribution >= 0.6 is 0 Å². The lowest BCUT2D eigenvalue weighted by Gasteiger charge is -2.29. The average molecular weight is 403 g/mol. The Kier molecular flexibility index (Phi) is 5.08. The van der Waals surface area contributed by atoms with Crippen molar-refractivity contribution in [3.05, 3.63) is 53.5 Å². The summed E-state index contributed by atoms with van der Waals surface area (Å²) in [5.41, 5.74) is 2.25. The molecule has 0 amide bonds. The Morgan fingerprint density at radius 3 is 2.62 bits per heavy atom. The van der Waals surface area contributed by atoms with Gasteiger partial charge in [0.15, 0.2) is 11.9 Å². The number of pyridine rings is 1. The number of rotatable bonds is 5. The molecule has 1 unspecified atom stereocenters. The molecule has 2 N–H and O–H groups in total. The number of anilines is 1. The predicted molar refractivity (Wildman–Crippen MR) is 102 cm³/mol. The van der Waals surface area contributed by atoms with Crippen molar-refractivity contribution in [3.63, 3.8) is 0 Å². The number of aliphatic hydroxyl groups excluding tert-OH is 1. The van der Waals surface area contributed by atoms with E-state index in [2.05, 4.69) is 20.4 Å². The van der Waals surface area contributed by atoms with Gasteiger partial charge >= 0.3 is 0 Å². The van der Waals surface area contributed by atoms with Crippen LogP contribution in [-0.2, 0) is 0 Å². The molecular formula is C20H23F2N5O2. The van der Waals surface area contributed by atoms with Crippen LogP contribution in [0, 0.1) is 13.8 Å². The van der Waals surface area contributed by atoms with E-state index in [9.17, 15) is 13.9 Å². The normalized spacial score (nSPS) is 18.0. The summed E-state index contributed by atoms with van der Waals surface area (Å²) in [5.74, 6) is -1.42. The van der Waals surface area contributed by atoms with Crippen LogP contribution in [0.5, 0.6) is 0 Å². The van der Waals surface area contributed by atoms with Gasteiger partial charge in [0.2, 0.25) is 11.8 Å². The summed E-state index contributed by atoms with van der Waals surface area (Å²) in [6.07, 6.45) is 2.19. The highest BCUT2D eigenvalue weighted by Crippen LogP contribution is 2.34. The van der Waals surface area contributed by atoms with Crippen molar-refractivity contribution in [1.82, 2.24) is 19.7 Å². The SMILES string of the molecule is Cc1cc(C)n(-c2cc(C(O)c3ncco3)cc(NC3CCC(F)(F)CC3)n2)n1. The molecule has 0 aliphatic heterocycles. The summed E-state index contributed by atoms with van der Waals surface area (Å²) in [5, 5.41) is 18.4. The first-order valence-corrected chi connectivity index (χ1v) is 9.58. The van der Waals surface area contributed by atoms with Gasteiger partial charge in [-0.15, -0.1) is 0 Å². The number of aromatic nitrogens is 4. The molecule has 0 radical (unpaired) electrons. The van der Waals surface area contributed by atoms with Crippen molar-refractivity contribution in [2.24, 2.45) is 0 Å². The largest absolute Gasteiger partial charge is 0.446 e. The van der Waals surface area contributed by atoms with E-state index in [0.717, 1.165) is 11.4 Å². The Bertz CT molecular complexity index is 977. The number of hydrogen-bond donors (Lipinski definition) is 2. The van der Waals surface area contributed by atoms with E-state index >= 15 is 0 Å². The van der Waals surface area contributed by atoms with Gasteiger partial charge in [0.1, 0.15) is 12.1 Å². The fraction of sp³-hybridized carbons (Fsp3) is 0.450. The summed E-state index contributed by atoms with van der Waals surface area (Å²) in [7, 11) is 0. The Morgan fingerprint density at radius 1 is 1.24 bits per heavy atom. The van der Waals surface area contributed by atoms with Crippen LogP contribution in [0.25, 0.3) is 5.82 Å². The van der Waals surface area contributed by atoms with Gasteiger partial charge in [0, 0.05) is 24.6 Å². The maximum atomic E-state index is 13.5. The van der Waals surface area contributed by atoms with E-state index in [-0.39, 0.29) is 24.8 Å². The van der Waals surface area contributed by atoms with E-state index < -0.39 is 12.0 Å². The Labute approximate surface area is 166 Å². The zero-order chi connectivity index (χ0) is 20.6. The molecule has 3 aromatic heterocycles. The van der Waals surface area contributed by atoms with E-state index in [0.29, 0.717) is 30.0 Å². The van der Waals surface area contributed by atoms with Crippen molar-refractivity contribution in [2.45, 2.75) is 57.6 Å². The number of hydrogen-bond acceptors (Lipinski definition) is 6. The molecule has 0 saturated heterocycles. The molecule has 29 heavy (non-hydrogen) atoms. The number of aryl methyl sites for hydroxylation is 2. The van der Waals surface area contributed by atoms with Crippen LogP contribution in [0.2, 0.25) is 0 Å². The third kappa shape index (κ3) is 4.29. The van der Waals surface area contributed by atoms with E-state index in [1.165, 1.54) is 12.5 Å². The average Bonchev–Trinajstić information content (AvgIpc) is 3.32.